The lowest BCUT2D eigenvalue weighted by molar-refractivity contribution is 0.0872. The molecular weight excluding hydrogens is 414 g/mol. The van der Waals surface area contributed by atoms with E-state index in [-0.39, 0.29) is 28.9 Å². The molecule has 166 valence electrons. The van der Waals surface area contributed by atoms with Crippen LogP contribution in [0.5, 0.6) is 11.5 Å². The molecule has 1 fully saturated rings. The Hall–Kier alpha value is -2.57. The molecule has 2 aromatic rings. The zero-order valence-electron chi connectivity index (χ0n) is 18.6. The van der Waals surface area contributed by atoms with E-state index in [2.05, 4.69) is 43.6 Å². The van der Waals surface area contributed by atoms with Gasteiger partial charge in [-0.15, -0.1) is 0 Å². The Morgan fingerprint density at radius 3 is 2.26 bits per heavy atom. The van der Waals surface area contributed by atoms with Crippen molar-refractivity contribution in [3.8, 4) is 11.5 Å². The number of rotatable bonds is 5. The second-order valence-corrected chi connectivity index (χ2v) is 9.70. The predicted molar refractivity (Wildman–Crippen MR) is 123 cm³/mol. The minimum Gasteiger partial charge on any atom is -0.455 e. The minimum atomic E-state index is -0.254. The summed E-state index contributed by atoms with van der Waals surface area (Å²) >= 11 is 6.41. The molecule has 0 aliphatic carbocycles. The Morgan fingerprint density at radius 2 is 1.65 bits per heavy atom. The van der Waals surface area contributed by atoms with Crippen LogP contribution in [0.1, 0.15) is 61.3 Å². The van der Waals surface area contributed by atoms with Crippen LogP contribution in [0.4, 0.5) is 0 Å². The highest BCUT2D eigenvalue weighted by atomic mass is 35.5. The number of hydrogen-bond donors (Lipinski definition) is 3. The number of nitrogens with one attached hydrogen (secondary N) is 3. The van der Waals surface area contributed by atoms with Crippen LogP contribution in [0.15, 0.2) is 42.5 Å². The van der Waals surface area contributed by atoms with Gasteiger partial charge in [-0.3, -0.25) is 9.59 Å². The first kappa shape index (κ1) is 23.1. The second-order valence-electron chi connectivity index (χ2n) is 9.29. The number of benzene rings is 2. The van der Waals surface area contributed by atoms with Crippen LogP contribution in [-0.4, -0.2) is 36.0 Å². The molecule has 3 rings (SSSR count). The van der Waals surface area contributed by atoms with Crippen LogP contribution in [0, 0.1) is 0 Å². The van der Waals surface area contributed by atoms with Gasteiger partial charge in [0.2, 0.25) is 0 Å². The van der Waals surface area contributed by atoms with Crippen LogP contribution < -0.4 is 20.7 Å². The molecule has 7 heteroatoms. The third-order valence-electron chi connectivity index (χ3n) is 5.30. The number of piperidine rings is 1. The van der Waals surface area contributed by atoms with Gasteiger partial charge in [-0.2, -0.15) is 0 Å². The predicted octanol–water partition coefficient (Wildman–Crippen LogP) is 4.53. The van der Waals surface area contributed by atoms with E-state index >= 15 is 0 Å². The molecule has 2 aromatic carbocycles. The molecule has 31 heavy (non-hydrogen) atoms. The zero-order valence-corrected chi connectivity index (χ0v) is 19.4. The molecule has 0 bridgehead atoms. The third kappa shape index (κ3) is 5.77. The molecule has 2 amide bonds. The van der Waals surface area contributed by atoms with Crippen LogP contribution in [0.25, 0.3) is 0 Å². The van der Waals surface area contributed by atoms with Gasteiger partial charge in [0, 0.05) is 29.7 Å². The summed E-state index contributed by atoms with van der Waals surface area (Å²) in [7, 11) is 1.56. The topological polar surface area (TPSA) is 79.5 Å². The Bertz CT molecular complexity index is 972. The van der Waals surface area contributed by atoms with E-state index in [0.717, 1.165) is 12.8 Å². The monoisotopic (exact) mass is 443 g/mol. The van der Waals surface area contributed by atoms with Crippen LogP contribution in [0.3, 0.4) is 0 Å². The molecular formula is C24H30ClN3O3. The maximum atomic E-state index is 12.9. The van der Waals surface area contributed by atoms with E-state index in [1.807, 2.05) is 0 Å². The summed E-state index contributed by atoms with van der Waals surface area (Å²) in [5.74, 6) is 0.340. The summed E-state index contributed by atoms with van der Waals surface area (Å²) in [4.78, 5) is 24.9. The maximum Gasteiger partial charge on any atom is 0.254 e. The third-order valence-corrected chi connectivity index (χ3v) is 5.59. The summed E-state index contributed by atoms with van der Waals surface area (Å²) < 4.78 is 5.87. The SMILES string of the molecule is CNC(=O)c1ccccc1Oc1ccc(C(=O)NC2CC(C)(C)NC(C)(C)C2)cc1Cl. The molecule has 6 nitrogen and oxygen atoms in total. The lowest BCUT2D eigenvalue weighted by atomic mass is 9.79. The van der Waals surface area contributed by atoms with Crippen molar-refractivity contribution in [3.05, 3.63) is 58.6 Å². The molecule has 0 aromatic heterocycles. The minimum absolute atomic E-state index is 0.0623. The van der Waals surface area contributed by atoms with Gasteiger partial charge in [-0.05, 0) is 70.9 Å². The highest BCUT2D eigenvalue weighted by Gasteiger charge is 2.38. The molecule has 1 aliphatic heterocycles. The first-order chi connectivity index (χ1) is 14.5. The van der Waals surface area contributed by atoms with E-state index < -0.39 is 0 Å². The number of halogens is 1. The Labute approximate surface area is 188 Å². The molecule has 0 unspecified atom stereocenters. The maximum absolute atomic E-state index is 12.9. The second kappa shape index (κ2) is 8.89. The zero-order chi connectivity index (χ0) is 22.8. The van der Waals surface area contributed by atoms with E-state index in [4.69, 9.17) is 16.3 Å². The summed E-state index contributed by atoms with van der Waals surface area (Å²) in [5, 5.41) is 9.64. The number of ether oxygens (including phenoxy) is 1. The quantitative estimate of drug-likeness (QED) is 0.634. The van der Waals surface area contributed by atoms with Gasteiger partial charge in [0.1, 0.15) is 11.5 Å². The fraction of sp³-hybridized carbons (Fsp3) is 0.417. The number of carbonyl (C=O) groups is 2. The average molecular weight is 444 g/mol. The number of para-hydroxylation sites is 1. The van der Waals surface area contributed by atoms with E-state index in [9.17, 15) is 9.59 Å². The van der Waals surface area contributed by atoms with Gasteiger partial charge in [0.25, 0.3) is 11.8 Å². The van der Waals surface area contributed by atoms with Gasteiger partial charge in [-0.25, -0.2) is 0 Å². The number of carbonyl (C=O) groups excluding carboxylic acids is 2. The van der Waals surface area contributed by atoms with Crippen molar-refractivity contribution in [2.24, 2.45) is 0 Å². The van der Waals surface area contributed by atoms with Crippen molar-refractivity contribution in [2.45, 2.75) is 57.7 Å². The van der Waals surface area contributed by atoms with Crippen molar-refractivity contribution in [1.82, 2.24) is 16.0 Å². The largest absolute Gasteiger partial charge is 0.455 e. The molecule has 0 spiro atoms. The fourth-order valence-electron chi connectivity index (χ4n) is 4.41. The summed E-state index contributed by atoms with van der Waals surface area (Å²) in [6.45, 7) is 8.58. The van der Waals surface area contributed by atoms with Crippen LogP contribution in [-0.2, 0) is 0 Å². The lowest BCUT2D eigenvalue weighted by Gasteiger charge is -2.46. The highest BCUT2D eigenvalue weighted by Crippen LogP contribution is 2.33. The summed E-state index contributed by atoms with van der Waals surface area (Å²) in [6.07, 6.45) is 1.68. The van der Waals surface area contributed by atoms with Crippen molar-refractivity contribution in [3.63, 3.8) is 0 Å². The molecule has 0 atom stereocenters. The average Bonchev–Trinajstić information content (AvgIpc) is 2.66. The van der Waals surface area contributed by atoms with Crippen molar-refractivity contribution in [1.29, 1.82) is 0 Å². The highest BCUT2D eigenvalue weighted by molar-refractivity contribution is 6.32. The first-order valence-corrected chi connectivity index (χ1v) is 10.8. The molecule has 1 aliphatic rings. The summed E-state index contributed by atoms with van der Waals surface area (Å²) in [6, 6.07) is 11.9. The molecule has 0 saturated carbocycles. The number of amides is 2. The number of hydrogen-bond acceptors (Lipinski definition) is 4. The molecule has 1 saturated heterocycles. The van der Waals surface area contributed by atoms with Gasteiger partial charge in [0.05, 0.1) is 10.6 Å². The van der Waals surface area contributed by atoms with Crippen LogP contribution >= 0.6 is 11.6 Å². The van der Waals surface area contributed by atoms with Crippen LogP contribution in [0.2, 0.25) is 5.02 Å². The van der Waals surface area contributed by atoms with E-state index in [1.54, 1.807) is 49.5 Å². The van der Waals surface area contributed by atoms with Crippen molar-refractivity contribution in [2.75, 3.05) is 7.05 Å². The smallest absolute Gasteiger partial charge is 0.254 e. The Balaban J connectivity index is 1.74. The normalized spacial score (nSPS) is 17.6. The summed E-state index contributed by atoms with van der Waals surface area (Å²) in [5.41, 5.74) is 0.741. The Kier molecular flexibility index (Phi) is 6.62. The first-order valence-electron chi connectivity index (χ1n) is 10.4. The standard InChI is InChI=1S/C24H30ClN3O3/c1-23(2)13-16(14-24(3,4)28-23)27-21(29)15-10-11-20(18(25)12-15)31-19-9-7-6-8-17(19)22(30)26-5/h6-12,16,28H,13-14H2,1-5H3,(H,26,30)(H,27,29). The van der Waals surface area contributed by atoms with E-state index in [0.29, 0.717) is 27.6 Å². The fourth-order valence-corrected chi connectivity index (χ4v) is 4.63. The van der Waals surface area contributed by atoms with Gasteiger partial charge in [-0.1, -0.05) is 23.7 Å². The van der Waals surface area contributed by atoms with Gasteiger partial charge in [0.15, 0.2) is 0 Å². The van der Waals surface area contributed by atoms with Crippen molar-refractivity contribution >= 4 is 23.4 Å². The Morgan fingerprint density at radius 1 is 1.00 bits per heavy atom. The van der Waals surface area contributed by atoms with E-state index in [1.165, 1.54) is 0 Å². The molecule has 3 N–H and O–H groups in total. The molecule has 1 heterocycles. The van der Waals surface area contributed by atoms with Gasteiger partial charge < -0.3 is 20.7 Å². The van der Waals surface area contributed by atoms with Crippen molar-refractivity contribution < 1.29 is 14.3 Å². The van der Waals surface area contributed by atoms with Gasteiger partial charge >= 0.3 is 0 Å². The molecule has 0 radical (unpaired) electrons. The lowest BCUT2D eigenvalue weighted by Crippen LogP contribution is -2.62.